The number of amides is 1. The number of halogens is 1. The highest BCUT2D eigenvalue weighted by Gasteiger charge is 2.13. The minimum atomic E-state index is -0.379. The number of aryl methyl sites for hydroxylation is 1. The van der Waals surface area contributed by atoms with Crippen LogP contribution in [0.3, 0.4) is 0 Å². The summed E-state index contributed by atoms with van der Waals surface area (Å²) in [6.07, 6.45) is 0.557. The third kappa shape index (κ3) is 3.94. The second-order valence-corrected chi connectivity index (χ2v) is 7.29. The lowest BCUT2D eigenvalue weighted by Crippen LogP contribution is -2.25. The van der Waals surface area contributed by atoms with E-state index >= 15 is 0 Å². The Balaban J connectivity index is 1.43. The molecule has 30 heavy (non-hydrogen) atoms. The number of hydrogen-bond acceptors (Lipinski definition) is 2. The van der Waals surface area contributed by atoms with Crippen LogP contribution in [0.25, 0.3) is 22.0 Å². The Morgan fingerprint density at radius 1 is 1.10 bits per heavy atom. The zero-order valence-electron chi connectivity index (χ0n) is 16.5. The largest absolute Gasteiger partial charge is 0.508 e. The predicted molar refractivity (Wildman–Crippen MR) is 118 cm³/mol. The van der Waals surface area contributed by atoms with E-state index in [4.69, 9.17) is 7.85 Å². The average Bonchev–Trinajstić information content (AvgIpc) is 3.04. The number of aromatic amines is 1. The Morgan fingerprint density at radius 2 is 1.87 bits per heavy atom. The maximum atomic E-state index is 14.1. The maximum Gasteiger partial charge on any atom is 0.251 e. The van der Waals surface area contributed by atoms with Crippen molar-refractivity contribution in [1.29, 1.82) is 0 Å². The zero-order chi connectivity index (χ0) is 21.3. The van der Waals surface area contributed by atoms with Crippen molar-refractivity contribution in [2.45, 2.75) is 13.3 Å². The Labute approximate surface area is 175 Å². The van der Waals surface area contributed by atoms with Crippen LogP contribution < -0.4 is 10.8 Å². The van der Waals surface area contributed by atoms with Crippen molar-refractivity contribution in [3.63, 3.8) is 0 Å². The summed E-state index contributed by atoms with van der Waals surface area (Å²) in [4.78, 5) is 15.5. The van der Waals surface area contributed by atoms with Gasteiger partial charge in [0.15, 0.2) is 0 Å². The molecule has 0 bridgehead atoms. The number of carbonyl (C=O) groups excluding carboxylic acids is 1. The molecular formula is C24H20BFN2O2. The van der Waals surface area contributed by atoms with Gasteiger partial charge < -0.3 is 15.4 Å². The first kappa shape index (κ1) is 19.8. The fourth-order valence-corrected chi connectivity index (χ4v) is 3.68. The first-order valence-electron chi connectivity index (χ1n) is 9.66. The summed E-state index contributed by atoms with van der Waals surface area (Å²) >= 11 is 0. The molecule has 4 aromatic rings. The number of aromatic nitrogens is 1. The van der Waals surface area contributed by atoms with Gasteiger partial charge in [0.2, 0.25) is 0 Å². The maximum absolute atomic E-state index is 14.1. The van der Waals surface area contributed by atoms with Crippen molar-refractivity contribution in [1.82, 2.24) is 10.3 Å². The Morgan fingerprint density at radius 3 is 2.60 bits per heavy atom. The lowest BCUT2D eigenvalue weighted by molar-refractivity contribution is 0.0954. The summed E-state index contributed by atoms with van der Waals surface area (Å²) in [6.45, 7) is 2.30. The molecule has 0 unspecified atom stereocenters. The van der Waals surface area contributed by atoms with E-state index in [1.165, 1.54) is 6.07 Å². The van der Waals surface area contributed by atoms with Crippen molar-refractivity contribution in [3.8, 4) is 16.9 Å². The summed E-state index contributed by atoms with van der Waals surface area (Å²) in [6, 6.07) is 17.2. The van der Waals surface area contributed by atoms with Crippen molar-refractivity contribution in [2.75, 3.05) is 6.54 Å². The standard InChI is InChI=1S/C24H20BFN2O2/c1-14-20(21-12-18(25)13-22(26)23(21)28-14)9-10-27-24(30)16-7-5-15(6-8-16)17-3-2-4-19(29)11-17/h2-8,11-13,28-29H,9-10H2,1H3,(H,27,30). The molecule has 0 aliphatic carbocycles. The Hall–Kier alpha value is -3.54. The lowest BCUT2D eigenvalue weighted by Gasteiger charge is -2.08. The second-order valence-electron chi connectivity index (χ2n) is 7.29. The van der Waals surface area contributed by atoms with Crippen LogP contribution in [-0.2, 0) is 6.42 Å². The van der Waals surface area contributed by atoms with E-state index in [1.54, 1.807) is 36.4 Å². The fourth-order valence-electron chi connectivity index (χ4n) is 3.68. The molecule has 0 aliphatic heterocycles. The minimum Gasteiger partial charge on any atom is -0.508 e. The third-order valence-corrected chi connectivity index (χ3v) is 5.19. The summed E-state index contributed by atoms with van der Waals surface area (Å²) in [5.74, 6) is -0.362. The molecule has 6 heteroatoms. The first-order chi connectivity index (χ1) is 14.4. The number of carbonyl (C=O) groups is 1. The number of aromatic hydroxyl groups is 1. The number of hydrogen-bond donors (Lipinski definition) is 3. The number of fused-ring (bicyclic) bond motifs is 1. The molecular weight excluding hydrogens is 378 g/mol. The topological polar surface area (TPSA) is 65.1 Å². The van der Waals surface area contributed by atoms with Gasteiger partial charge in [-0.1, -0.05) is 35.8 Å². The highest BCUT2D eigenvalue weighted by atomic mass is 19.1. The van der Waals surface area contributed by atoms with Gasteiger partial charge in [0, 0.05) is 23.2 Å². The van der Waals surface area contributed by atoms with Gasteiger partial charge >= 0.3 is 0 Å². The van der Waals surface area contributed by atoms with Crippen LogP contribution >= 0.6 is 0 Å². The Bertz CT molecular complexity index is 1230. The van der Waals surface area contributed by atoms with E-state index in [9.17, 15) is 14.3 Å². The number of nitrogens with one attached hydrogen (secondary N) is 2. The molecule has 0 fully saturated rings. The van der Waals surface area contributed by atoms with Crippen molar-refractivity contribution in [2.24, 2.45) is 0 Å². The monoisotopic (exact) mass is 398 g/mol. The van der Waals surface area contributed by atoms with Gasteiger partial charge in [-0.2, -0.15) is 0 Å². The number of H-pyrrole nitrogens is 1. The molecule has 0 aliphatic rings. The van der Waals surface area contributed by atoms with Crippen LogP contribution in [0.5, 0.6) is 5.75 Å². The van der Waals surface area contributed by atoms with Crippen molar-refractivity contribution < 1.29 is 14.3 Å². The fraction of sp³-hybridized carbons (Fsp3) is 0.125. The number of phenolic OH excluding ortho intramolecular Hbond substituents is 1. The van der Waals surface area contributed by atoms with Gasteiger partial charge in [-0.3, -0.25) is 4.79 Å². The highest BCUT2D eigenvalue weighted by molar-refractivity contribution is 6.33. The SMILES string of the molecule is [B]c1cc(F)c2[nH]c(C)c(CCNC(=O)c3ccc(-c4cccc(O)c4)cc3)c2c1. The number of rotatable bonds is 5. The molecule has 1 amide bonds. The zero-order valence-corrected chi connectivity index (χ0v) is 16.5. The van der Waals surface area contributed by atoms with Crippen LogP contribution in [-0.4, -0.2) is 30.4 Å². The van der Waals surface area contributed by atoms with Crippen molar-refractivity contribution >= 4 is 30.1 Å². The van der Waals surface area contributed by atoms with Gasteiger partial charge in [0.25, 0.3) is 5.91 Å². The number of phenols is 1. The van der Waals surface area contributed by atoms with E-state index in [2.05, 4.69) is 10.3 Å². The van der Waals surface area contributed by atoms with E-state index in [-0.39, 0.29) is 17.5 Å². The minimum absolute atomic E-state index is 0.180. The van der Waals surface area contributed by atoms with Crippen LogP contribution in [0.15, 0.2) is 60.7 Å². The normalized spacial score (nSPS) is 11.0. The third-order valence-electron chi connectivity index (χ3n) is 5.19. The van der Waals surface area contributed by atoms with Crippen LogP contribution in [0, 0.1) is 12.7 Å². The molecule has 0 saturated carbocycles. The smallest absolute Gasteiger partial charge is 0.251 e. The molecule has 3 N–H and O–H groups in total. The first-order valence-corrected chi connectivity index (χ1v) is 9.66. The Kier molecular flexibility index (Phi) is 5.32. The molecule has 2 radical (unpaired) electrons. The van der Waals surface area contributed by atoms with Crippen LogP contribution in [0.4, 0.5) is 4.39 Å². The van der Waals surface area contributed by atoms with Crippen molar-refractivity contribution in [3.05, 3.63) is 83.3 Å². The molecule has 4 nitrogen and oxygen atoms in total. The summed E-state index contributed by atoms with van der Waals surface area (Å²) in [7, 11) is 5.78. The summed E-state index contributed by atoms with van der Waals surface area (Å²) < 4.78 is 14.1. The molecule has 4 rings (SSSR count). The number of benzene rings is 3. The summed E-state index contributed by atoms with van der Waals surface area (Å²) in [5.41, 5.74) is 4.95. The molecule has 1 aromatic heterocycles. The van der Waals surface area contributed by atoms with E-state index < -0.39 is 0 Å². The van der Waals surface area contributed by atoms with Gasteiger partial charge in [-0.05, 0) is 60.4 Å². The van der Waals surface area contributed by atoms with Crippen LogP contribution in [0.1, 0.15) is 21.6 Å². The molecule has 148 valence electrons. The molecule has 3 aromatic carbocycles. The second kappa shape index (κ2) is 8.07. The van der Waals surface area contributed by atoms with Crippen LogP contribution in [0.2, 0.25) is 0 Å². The lowest BCUT2D eigenvalue weighted by atomic mass is 9.93. The molecule has 0 saturated heterocycles. The molecule has 0 spiro atoms. The van der Waals surface area contributed by atoms with Gasteiger partial charge in [0.05, 0.1) is 5.52 Å². The van der Waals surface area contributed by atoms with E-state index in [1.807, 2.05) is 25.1 Å². The average molecular weight is 398 g/mol. The van der Waals surface area contributed by atoms with Gasteiger partial charge in [-0.25, -0.2) is 4.39 Å². The molecule has 1 heterocycles. The van der Waals surface area contributed by atoms with E-state index in [0.29, 0.717) is 29.5 Å². The summed E-state index contributed by atoms with van der Waals surface area (Å²) in [5, 5.41) is 13.3. The molecule has 0 atom stereocenters. The predicted octanol–water partition coefficient (Wildman–Crippen LogP) is 3.75. The van der Waals surface area contributed by atoms with Gasteiger partial charge in [-0.15, -0.1) is 0 Å². The van der Waals surface area contributed by atoms with Gasteiger partial charge in [0.1, 0.15) is 19.4 Å². The highest BCUT2D eigenvalue weighted by Crippen LogP contribution is 2.25. The van der Waals surface area contributed by atoms with E-state index in [0.717, 1.165) is 27.8 Å². The quantitative estimate of drug-likeness (QED) is 0.449.